The summed E-state index contributed by atoms with van der Waals surface area (Å²) in [6.45, 7) is 2.52. The fourth-order valence-corrected chi connectivity index (χ4v) is 5.81. The zero-order valence-electron chi connectivity index (χ0n) is 16.7. The van der Waals surface area contributed by atoms with E-state index in [1.54, 1.807) is 12.1 Å². The van der Waals surface area contributed by atoms with Gasteiger partial charge in [-0.25, -0.2) is 13.4 Å². The molecule has 1 fully saturated rings. The molecule has 154 valence electrons. The summed E-state index contributed by atoms with van der Waals surface area (Å²) < 4.78 is 27.9. The predicted octanol–water partition coefficient (Wildman–Crippen LogP) is 3.31. The van der Waals surface area contributed by atoms with Gasteiger partial charge in [0.05, 0.1) is 10.8 Å². The van der Waals surface area contributed by atoms with Crippen LogP contribution in [0.2, 0.25) is 0 Å². The van der Waals surface area contributed by atoms with Gasteiger partial charge < -0.3 is 5.32 Å². The van der Waals surface area contributed by atoms with Crippen LogP contribution in [-0.4, -0.2) is 36.7 Å². The number of nitrogens with one attached hydrogen (secondary N) is 1. The highest BCUT2D eigenvalue weighted by molar-refractivity contribution is 7.89. The van der Waals surface area contributed by atoms with Crippen LogP contribution < -0.4 is 5.32 Å². The second-order valence-electron chi connectivity index (χ2n) is 7.99. The van der Waals surface area contributed by atoms with E-state index in [0.29, 0.717) is 30.1 Å². The first-order chi connectivity index (χ1) is 13.9. The number of pyridine rings is 1. The molecule has 1 aliphatic heterocycles. The molecule has 0 saturated carbocycles. The molecule has 0 bridgehead atoms. The molecule has 1 N–H and O–H groups in total. The lowest BCUT2D eigenvalue weighted by Crippen LogP contribution is -2.43. The molecule has 4 rings (SSSR count). The summed E-state index contributed by atoms with van der Waals surface area (Å²) in [4.78, 5) is 17.4. The van der Waals surface area contributed by atoms with Crippen molar-refractivity contribution in [2.24, 2.45) is 5.92 Å². The summed E-state index contributed by atoms with van der Waals surface area (Å²) in [5, 5.41) is 2.83. The Morgan fingerprint density at radius 1 is 1.10 bits per heavy atom. The van der Waals surface area contributed by atoms with E-state index < -0.39 is 10.0 Å². The number of hydrogen-bond donors (Lipinski definition) is 1. The number of anilines is 1. The number of sulfonamides is 1. The van der Waals surface area contributed by atoms with E-state index in [1.807, 2.05) is 31.2 Å². The maximum absolute atomic E-state index is 13.2. The van der Waals surface area contributed by atoms with Gasteiger partial charge in [0.1, 0.15) is 5.82 Å². The molecule has 29 heavy (non-hydrogen) atoms. The van der Waals surface area contributed by atoms with Gasteiger partial charge in [0, 0.05) is 18.8 Å². The van der Waals surface area contributed by atoms with E-state index in [0.717, 1.165) is 36.9 Å². The number of benzene rings is 1. The van der Waals surface area contributed by atoms with Crippen LogP contribution in [0.1, 0.15) is 42.5 Å². The van der Waals surface area contributed by atoms with E-state index in [9.17, 15) is 13.2 Å². The molecule has 0 spiro atoms. The first kappa shape index (κ1) is 20.0. The highest BCUT2D eigenvalue weighted by atomic mass is 32.2. The average molecular weight is 414 g/mol. The summed E-state index contributed by atoms with van der Waals surface area (Å²) in [5.41, 5.74) is 3.23. The quantitative estimate of drug-likeness (QED) is 0.834. The van der Waals surface area contributed by atoms with Gasteiger partial charge in [-0.05, 0) is 80.8 Å². The van der Waals surface area contributed by atoms with E-state index >= 15 is 0 Å². The van der Waals surface area contributed by atoms with Crippen molar-refractivity contribution in [1.82, 2.24) is 9.29 Å². The van der Waals surface area contributed by atoms with Crippen LogP contribution in [0.3, 0.4) is 0 Å². The first-order valence-electron chi connectivity index (χ1n) is 10.3. The fraction of sp³-hybridized carbons (Fsp3) is 0.455. The van der Waals surface area contributed by atoms with Crippen LogP contribution in [0.4, 0.5) is 5.82 Å². The van der Waals surface area contributed by atoms with Crippen molar-refractivity contribution in [1.29, 1.82) is 0 Å². The van der Waals surface area contributed by atoms with Gasteiger partial charge in [-0.3, -0.25) is 4.79 Å². The Morgan fingerprint density at radius 2 is 1.90 bits per heavy atom. The van der Waals surface area contributed by atoms with Crippen LogP contribution in [0.15, 0.2) is 41.3 Å². The topological polar surface area (TPSA) is 79.4 Å². The van der Waals surface area contributed by atoms with Crippen LogP contribution in [-0.2, 0) is 27.7 Å². The first-order valence-corrected chi connectivity index (χ1v) is 11.7. The summed E-state index contributed by atoms with van der Waals surface area (Å²) in [5.74, 6) is -0.0448. The molecule has 2 heterocycles. The third kappa shape index (κ3) is 4.36. The van der Waals surface area contributed by atoms with Crippen molar-refractivity contribution >= 4 is 21.7 Å². The van der Waals surface area contributed by atoms with Crippen LogP contribution >= 0.6 is 0 Å². The zero-order chi connectivity index (χ0) is 20.4. The molecule has 1 saturated heterocycles. The molecule has 1 amide bonds. The second kappa shape index (κ2) is 8.24. The minimum Gasteiger partial charge on any atom is -0.310 e. The zero-order valence-corrected chi connectivity index (χ0v) is 17.5. The Morgan fingerprint density at radius 3 is 2.69 bits per heavy atom. The Kier molecular flexibility index (Phi) is 5.69. The van der Waals surface area contributed by atoms with Crippen molar-refractivity contribution in [2.45, 2.75) is 50.3 Å². The maximum Gasteiger partial charge on any atom is 0.243 e. The molecule has 2 aromatic rings. The smallest absolute Gasteiger partial charge is 0.243 e. The molecule has 2 aliphatic rings. The summed E-state index contributed by atoms with van der Waals surface area (Å²) in [6.07, 6.45) is 5.58. The Balaban J connectivity index is 1.49. The molecule has 0 unspecified atom stereocenters. The Labute approximate surface area is 172 Å². The highest BCUT2D eigenvalue weighted by Gasteiger charge is 2.33. The number of amides is 1. The monoisotopic (exact) mass is 413 g/mol. The molecule has 7 heteroatoms. The number of rotatable bonds is 4. The largest absolute Gasteiger partial charge is 0.310 e. The number of carbonyl (C=O) groups is 1. The number of fused-ring (bicyclic) bond motifs is 1. The minimum atomic E-state index is -3.60. The lowest BCUT2D eigenvalue weighted by molar-refractivity contribution is -0.120. The lowest BCUT2D eigenvalue weighted by Gasteiger charge is -2.31. The van der Waals surface area contributed by atoms with Gasteiger partial charge in [0.15, 0.2) is 0 Å². The predicted molar refractivity (Wildman–Crippen MR) is 112 cm³/mol. The molecule has 1 aromatic carbocycles. The Bertz CT molecular complexity index is 1020. The standard InChI is InChI=1S/C22H27N3O3S/c1-16-6-4-10-21(23-16)24-22(26)19-9-5-13-25(15-19)29(27,28)20-12-11-17-7-2-3-8-18(17)14-20/h4,6,10-12,14,19H,2-3,5,7-9,13,15H2,1H3,(H,23,24,26)/t19-/m0/s1. The number of aromatic nitrogens is 1. The second-order valence-corrected chi connectivity index (χ2v) is 9.93. The van der Waals surface area contributed by atoms with E-state index in [4.69, 9.17) is 0 Å². The third-order valence-corrected chi connectivity index (χ3v) is 7.71. The maximum atomic E-state index is 13.2. The van der Waals surface area contributed by atoms with Crippen molar-refractivity contribution in [2.75, 3.05) is 18.4 Å². The molecular weight excluding hydrogens is 386 g/mol. The molecule has 0 radical (unpaired) electrons. The van der Waals surface area contributed by atoms with Crippen LogP contribution in [0.5, 0.6) is 0 Å². The molecule has 1 atom stereocenters. The number of aryl methyl sites for hydroxylation is 3. The van der Waals surface area contributed by atoms with Gasteiger partial charge in [0.2, 0.25) is 15.9 Å². The van der Waals surface area contributed by atoms with Crippen LogP contribution in [0, 0.1) is 12.8 Å². The third-order valence-electron chi connectivity index (χ3n) is 5.85. The van der Waals surface area contributed by atoms with Crippen molar-refractivity contribution < 1.29 is 13.2 Å². The number of carbonyl (C=O) groups excluding carboxylic acids is 1. The fourth-order valence-electron chi connectivity index (χ4n) is 4.24. The van der Waals surface area contributed by atoms with Crippen molar-refractivity contribution in [3.05, 3.63) is 53.2 Å². The highest BCUT2D eigenvalue weighted by Crippen LogP contribution is 2.28. The summed E-state index contributed by atoms with van der Waals surface area (Å²) in [6, 6.07) is 11.0. The Hall–Kier alpha value is -2.25. The lowest BCUT2D eigenvalue weighted by atomic mass is 9.92. The minimum absolute atomic E-state index is 0.173. The molecular formula is C22H27N3O3S. The van der Waals surface area contributed by atoms with E-state index in [1.165, 1.54) is 9.87 Å². The molecule has 1 aliphatic carbocycles. The average Bonchev–Trinajstić information content (AvgIpc) is 2.73. The normalized spacial score (nSPS) is 20.1. The summed E-state index contributed by atoms with van der Waals surface area (Å²) in [7, 11) is -3.60. The molecule has 6 nitrogen and oxygen atoms in total. The van der Waals surface area contributed by atoms with Crippen molar-refractivity contribution in [3.63, 3.8) is 0 Å². The van der Waals surface area contributed by atoms with Crippen molar-refractivity contribution in [3.8, 4) is 0 Å². The summed E-state index contributed by atoms with van der Waals surface area (Å²) >= 11 is 0. The van der Waals surface area contributed by atoms with E-state index in [-0.39, 0.29) is 18.4 Å². The van der Waals surface area contributed by atoms with Gasteiger partial charge in [-0.15, -0.1) is 0 Å². The van der Waals surface area contributed by atoms with Gasteiger partial charge in [0.25, 0.3) is 0 Å². The van der Waals surface area contributed by atoms with E-state index in [2.05, 4.69) is 10.3 Å². The van der Waals surface area contributed by atoms with Gasteiger partial charge in [-0.1, -0.05) is 12.1 Å². The number of hydrogen-bond acceptors (Lipinski definition) is 4. The number of nitrogens with zero attached hydrogens (tertiary/aromatic N) is 2. The SMILES string of the molecule is Cc1cccc(NC(=O)[C@H]2CCCN(S(=O)(=O)c3ccc4c(c3)CCCC4)C2)n1. The molecule has 1 aromatic heterocycles. The number of piperidine rings is 1. The van der Waals surface area contributed by atoms with Crippen LogP contribution in [0.25, 0.3) is 0 Å². The van der Waals surface area contributed by atoms with Gasteiger partial charge >= 0.3 is 0 Å². The van der Waals surface area contributed by atoms with Gasteiger partial charge in [-0.2, -0.15) is 4.31 Å².